The number of anilines is 1. The Balaban J connectivity index is 1.35. The number of aliphatic hydroxyl groups is 3. The third-order valence-electron chi connectivity index (χ3n) is 15.6. The molecule has 3 fully saturated rings. The summed E-state index contributed by atoms with van der Waals surface area (Å²) in [5.74, 6) is -0.262. The van der Waals surface area contributed by atoms with E-state index in [1.54, 1.807) is 7.11 Å². The number of amides is 1. The number of carbonyl (C=O) groups excluding carboxylic acids is 2. The van der Waals surface area contributed by atoms with Crippen molar-refractivity contribution in [2.45, 2.75) is 92.6 Å². The number of fused-ring (bicyclic) bond motifs is 6. The molecule has 2 aromatic carbocycles. The van der Waals surface area contributed by atoms with Crippen LogP contribution in [0.4, 0.5) is 5.69 Å². The Morgan fingerprint density at radius 2 is 1.84 bits per heavy atom. The predicted molar refractivity (Wildman–Crippen MR) is 226 cm³/mol. The van der Waals surface area contributed by atoms with Gasteiger partial charge in [-0.15, -0.1) is 0 Å². The van der Waals surface area contributed by atoms with Crippen LogP contribution in [0.25, 0.3) is 10.9 Å². The molecule has 5 aliphatic heterocycles. The number of nitrogens with zero attached hydrogens (tertiary/aromatic N) is 3. The topological polar surface area (TPSA) is 151 Å². The number of ether oxygens (including phenoxy) is 2. The maximum absolute atomic E-state index is 15.3. The van der Waals surface area contributed by atoms with Crippen molar-refractivity contribution in [2.24, 2.45) is 11.3 Å². The normalized spacial score (nSPS) is 37.5. The van der Waals surface area contributed by atoms with Crippen LogP contribution in [0.1, 0.15) is 68.3 Å². The van der Waals surface area contributed by atoms with Gasteiger partial charge in [0.05, 0.1) is 25.9 Å². The number of likely N-dealkylation sites (N-methyl/N-ethyl adjacent to an activating group) is 1. The van der Waals surface area contributed by atoms with E-state index < -0.39 is 51.5 Å². The van der Waals surface area contributed by atoms with E-state index in [1.165, 1.54) is 7.11 Å². The zero-order valence-electron chi connectivity index (χ0n) is 34.4. The largest absolute Gasteiger partial charge is 0.496 e. The third-order valence-corrected chi connectivity index (χ3v) is 15.8. The lowest BCUT2D eigenvalue weighted by molar-refractivity contribution is -0.203. The molecule has 1 spiro atoms. The lowest BCUT2D eigenvalue weighted by Crippen LogP contribution is -2.81. The fraction of sp³-hybridized carbons (Fsp3) is 0.600. The second-order valence-corrected chi connectivity index (χ2v) is 18.6. The fourth-order valence-electron chi connectivity index (χ4n) is 13.3. The number of carbonyl (C=O) groups is 2. The minimum absolute atomic E-state index is 0.0784. The Labute approximate surface area is 346 Å². The molecule has 3 aromatic rings. The van der Waals surface area contributed by atoms with Crippen molar-refractivity contribution in [3.8, 4) is 5.75 Å². The number of esters is 1. The molecule has 6 heterocycles. The van der Waals surface area contributed by atoms with Gasteiger partial charge in [-0.3, -0.25) is 19.4 Å². The lowest BCUT2D eigenvalue weighted by Gasteiger charge is -2.63. The average molecular weight is 814 g/mol. The summed E-state index contributed by atoms with van der Waals surface area (Å²) in [6.07, 6.45) is 5.95. The van der Waals surface area contributed by atoms with Gasteiger partial charge in [0.2, 0.25) is 0 Å². The Bertz CT molecular complexity index is 2180. The number of aromatic nitrogens is 1. The van der Waals surface area contributed by atoms with Crippen LogP contribution in [-0.4, -0.2) is 138 Å². The van der Waals surface area contributed by atoms with Crippen molar-refractivity contribution in [3.63, 3.8) is 0 Å². The third kappa shape index (κ3) is 5.12. The smallest absolute Gasteiger partial charge is 0.322 e. The van der Waals surface area contributed by atoms with Crippen LogP contribution in [0.3, 0.4) is 0 Å². The van der Waals surface area contributed by atoms with Crippen molar-refractivity contribution < 1.29 is 34.4 Å². The molecule has 0 radical (unpaired) electrons. The number of piperidine rings is 1. The van der Waals surface area contributed by atoms with Gasteiger partial charge >= 0.3 is 5.97 Å². The van der Waals surface area contributed by atoms with E-state index in [2.05, 4.69) is 57.0 Å². The molecular weight excluding hydrogens is 755 g/mol. The van der Waals surface area contributed by atoms with Gasteiger partial charge < -0.3 is 40.0 Å². The summed E-state index contributed by atoms with van der Waals surface area (Å²) in [5, 5.41) is 41.7. The zero-order valence-corrected chi connectivity index (χ0v) is 35.3. The van der Waals surface area contributed by atoms with Crippen LogP contribution in [-0.2, 0) is 31.6 Å². The van der Waals surface area contributed by atoms with E-state index in [9.17, 15) is 20.1 Å². The highest BCUT2D eigenvalue weighted by Gasteiger charge is 2.78. The first-order valence-electron chi connectivity index (χ1n) is 21.1. The molecule has 1 aliphatic carbocycles. The van der Waals surface area contributed by atoms with Gasteiger partial charge in [0.25, 0.3) is 5.91 Å². The van der Waals surface area contributed by atoms with Crippen molar-refractivity contribution >= 4 is 41.1 Å². The molecule has 5 N–H and O–H groups in total. The molecule has 1 amide bonds. The quantitative estimate of drug-likeness (QED) is 0.114. The maximum atomic E-state index is 15.3. The van der Waals surface area contributed by atoms with Crippen molar-refractivity contribution in [1.29, 1.82) is 0 Å². The molecule has 10 atom stereocenters. The number of hydrogen-bond acceptors (Lipinski definition) is 11. The number of thiol groups is 1. The molecule has 13 heteroatoms. The number of H-pyrrole nitrogens is 1. The highest BCUT2D eigenvalue weighted by molar-refractivity contribution is 7.80. The van der Waals surface area contributed by atoms with Crippen LogP contribution >= 0.6 is 12.6 Å². The van der Waals surface area contributed by atoms with Crippen LogP contribution < -0.4 is 15.0 Å². The molecule has 2 unspecified atom stereocenters. The van der Waals surface area contributed by atoms with Gasteiger partial charge in [0.1, 0.15) is 17.3 Å². The SMILES string of the molecule is CC[C@]1(O)C[C@@H]2CN(CCc3c([nH]c4ccccc34)[C@@](C(=O)OC)(c3cc4c(cc3OC)N(C)C3[C@]45CCN4CC=C[C@@](CC)([C@@H](O)[C@]3(O)C(=O)NCCS)[C@H]45)C2)C1. The van der Waals surface area contributed by atoms with Gasteiger partial charge in [0, 0.05) is 96.3 Å². The van der Waals surface area contributed by atoms with Crippen molar-refractivity contribution in [1.82, 2.24) is 20.1 Å². The van der Waals surface area contributed by atoms with E-state index in [-0.39, 0.29) is 18.5 Å². The van der Waals surface area contributed by atoms with Crippen LogP contribution in [0.5, 0.6) is 5.75 Å². The summed E-state index contributed by atoms with van der Waals surface area (Å²) in [7, 11) is 4.96. The number of rotatable bonds is 8. The molecule has 2 bridgehead atoms. The molecule has 2 saturated heterocycles. The first-order valence-corrected chi connectivity index (χ1v) is 21.8. The van der Waals surface area contributed by atoms with Gasteiger partial charge in [-0.2, -0.15) is 12.6 Å². The monoisotopic (exact) mass is 813 g/mol. The lowest BCUT2D eigenvalue weighted by atomic mass is 9.47. The second kappa shape index (κ2) is 14.0. The first-order chi connectivity index (χ1) is 27.8. The molecular formula is C45H59N5O7S. The Morgan fingerprint density at radius 1 is 1.05 bits per heavy atom. The molecule has 9 rings (SSSR count). The molecule has 12 nitrogen and oxygen atoms in total. The number of nitrogens with one attached hydrogen (secondary N) is 2. The maximum Gasteiger partial charge on any atom is 0.322 e. The van der Waals surface area contributed by atoms with E-state index in [1.807, 2.05) is 50.1 Å². The summed E-state index contributed by atoms with van der Waals surface area (Å²) in [5.41, 5.74) is -1.24. The van der Waals surface area contributed by atoms with E-state index >= 15 is 4.79 Å². The van der Waals surface area contributed by atoms with Gasteiger partial charge in [-0.05, 0) is 74.2 Å². The molecule has 58 heavy (non-hydrogen) atoms. The van der Waals surface area contributed by atoms with Crippen LogP contribution in [0, 0.1) is 11.3 Å². The highest BCUT2D eigenvalue weighted by Crippen LogP contribution is 2.67. The average Bonchev–Trinajstić information content (AvgIpc) is 3.89. The number of methoxy groups -OCH3 is 2. The predicted octanol–water partition coefficient (Wildman–Crippen LogP) is 3.29. The highest BCUT2D eigenvalue weighted by atomic mass is 32.1. The standard InChI is InChI=1S/C45H59N5O7S/c1-6-41(54)23-27-24-44(40(53)57-5,35-29(13-18-49(25-27)26-41)28-11-8-9-12-32(28)47-35)31-21-30-33(22-34(31)56-4)48(3)37-43(30)15-19-50-17-10-14-42(7-2,36(43)50)38(51)45(37,55)39(52)46-16-20-58/h8-12,14,21-22,27,36-38,47,51,54-55,58H,6-7,13,15-20,23-26H2,1-5H3,(H,46,52)/t27-,36-,37?,38+,41-,42+,43+,44-,45-/m0/s1. The molecule has 1 saturated carbocycles. The summed E-state index contributed by atoms with van der Waals surface area (Å²) < 4.78 is 12.3. The molecule has 312 valence electrons. The number of aromatic amines is 1. The van der Waals surface area contributed by atoms with Gasteiger partial charge in [-0.25, -0.2) is 0 Å². The summed E-state index contributed by atoms with van der Waals surface area (Å²) in [6.45, 7) is 7.69. The van der Waals surface area contributed by atoms with Crippen LogP contribution in [0.2, 0.25) is 0 Å². The Hall–Kier alpha value is -3.59. The van der Waals surface area contributed by atoms with E-state index in [0.717, 1.165) is 46.5 Å². The van der Waals surface area contributed by atoms with Gasteiger partial charge in [-0.1, -0.05) is 44.2 Å². The summed E-state index contributed by atoms with van der Waals surface area (Å²) >= 11 is 4.35. The molecule has 6 aliphatic rings. The Morgan fingerprint density at radius 3 is 2.57 bits per heavy atom. The zero-order chi connectivity index (χ0) is 41.0. The number of hydrogen-bond donors (Lipinski definition) is 6. The van der Waals surface area contributed by atoms with E-state index in [0.29, 0.717) is 75.2 Å². The Kier molecular flexibility index (Phi) is 9.61. The fourth-order valence-corrected chi connectivity index (χ4v) is 13.5. The number of benzene rings is 2. The van der Waals surface area contributed by atoms with E-state index in [4.69, 9.17) is 9.47 Å². The molecule has 1 aromatic heterocycles. The van der Waals surface area contributed by atoms with Crippen molar-refractivity contribution in [3.05, 3.63) is 70.9 Å². The minimum atomic E-state index is -2.22. The summed E-state index contributed by atoms with van der Waals surface area (Å²) in [4.78, 5) is 40.3. The van der Waals surface area contributed by atoms with Crippen LogP contribution in [0.15, 0.2) is 48.6 Å². The number of aliphatic hydroxyl groups excluding tert-OH is 1. The van der Waals surface area contributed by atoms with Crippen molar-refractivity contribution in [2.75, 3.05) is 71.2 Å². The minimum Gasteiger partial charge on any atom is -0.496 e. The van der Waals surface area contributed by atoms with Gasteiger partial charge in [0.15, 0.2) is 5.60 Å². The second-order valence-electron chi connectivity index (χ2n) is 18.1. The first kappa shape index (κ1) is 39.8. The summed E-state index contributed by atoms with van der Waals surface area (Å²) in [6, 6.07) is 11.2. The number of para-hydroxylation sites is 1.